The highest BCUT2D eigenvalue weighted by molar-refractivity contribution is 6.00. The fourth-order valence-electron chi connectivity index (χ4n) is 5.05. The first-order valence-corrected chi connectivity index (χ1v) is 11.1. The van der Waals surface area contributed by atoms with E-state index in [1.54, 1.807) is 19.1 Å². The van der Waals surface area contributed by atoms with Gasteiger partial charge in [0.15, 0.2) is 0 Å². The number of rotatable bonds is 5. The van der Waals surface area contributed by atoms with E-state index in [1.165, 1.54) is 4.90 Å². The van der Waals surface area contributed by atoms with Crippen molar-refractivity contribution in [1.29, 1.82) is 0 Å². The third-order valence-electron chi connectivity index (χ3n) is 6.74. The fourth-order valence-corrected chi connectivity index (χ4v) is 5.05. The van der Waals surface area contributed by atoms with E-state index in [0.717, 1.165) is 36.5 Å². The topological polar surface area (TPSA) is 68.4 Å². The minimum absolute atomic E-state index is 0.111. The van der Waals surface area contributed by atoms with E-state index in [1.807, 2.05) is 54.6 Å². The summed E-state index contributed by atoms with van der Waals surface area (Å²) in [5.74, 6) is 0.700. The van der Waals surface area contributed by atoms with Crippen molar-refractivity contribution in [2.45, 2.75) is 31.3 Å². The molecular formula is C24H29N5O3. The molecule has 2 aromatic rings. The van der Waals surface area contributed by atoms with Crippen LogP contribution in [-0.2, 0) is 11.2 Å². The largest absolute Gasteiger partial charge is 0.497 e. The molecule has 0 saturated carbocycles. The number of carbonyl (C=O) groups is 2. The molecule has 5 rings (SSSR count). The average Bonchev–Trinajstić information content (AvgIpc) is 3.23. The summed E-state index contributed by atoms with van der Waals surface area (Å²) in [6.07, 6.45) is 1.12. The molecule has 0 radical (unpaired) electrons. The van der Waals surface area contributed by atoms with Gasteiger partial charge in [0.05, 0.1) is 7.11 Å². The van der Waals surface area contributed by atoms with Crippen molar-refractivity contribution in [3.8, 4) is 5.75 Å². The van der Waals surface area contributed by atoms with Gasteiger partial charge in [-0.25, -0.2) is 4.79 Å². The molecule has 3 amide bonds. The van der Waals surface area contributed by atoms with E-state index in [0.29, 0.717) is 13.0 Å². The van der Waals surface area contributed by atoms with Gasteiger partial charge in [-0.05, 0) is 42.7 Å². The Labute approximate surface area is 188 Å². The van der Waals surface area contributed by atoms with Gasteiger partial charge in [0, 0.05) is 32.4 Å². The van der Waals surface area contributed by atoms with Crippen LogP contribution in [0.25, 0.3) is 0 Å². The van der Waals surface area contributed by atoms with Crippen LogP contribution in [-0.4, -0.2) is 78.9 Å². The predicted molar refractivity (Wildman–Crippen MR) is 121 cm³/mol. The number of urea groups is 1. The molecule has 0 spiro atoms. The molecule has 8 nitrogen and oxygen atoms in total. The second kappa shape index (κ2) is 8.44. The van der Waals surface area contributed by atoms with Crippen molar-refractivity contribution in [1.82, 2.24) is 20.0 Å². The summed E-state index contributed by atoms with van der Waals surface area (Å²) in [5, 5.41) is 3.56. The van der Waals surface area contributed by atoms with Crippen LogP contribution in [0.5, 0.6) is 5.75 Å². The molecule has 3 heterocycles. The second-order valence-corrected chi connectivity index (χ2v) is 8.53. The average molecular weight is 436 g/mol. The van der Waals surface area contributed by atoms with Gasteiger partial charge in [0.1, 0.15) is 24.2 Å². The van der Waals surface area contributed by atoms with Crippen molar-refractivity contribution >= 4 is 17.6 Å². The Hall–Kier alpha value is -3.10. The molecule has 3 fully saturated rings. The van der Waals surface area contributed by atoms with Crippen LogP contribution in [0.3, 0.4) is 0 Å². The van der Waals surface area contributed by atoms with Crippen LogP contribution in [0.2, 0.25) is 0 Å². The van der Waals surface area contributed by atoms with Crippen LogP contribution in [0.15, 0.2) is 54.6 Å². The molecule has 32 heavy (non-hydrogen) atoms. The molecule has 1 N–H and O–H groups in total. The van der Waals surface area contributed by atoms with Gasteiger partial charge in [0.25, 0.3) is 5.91 Å². The lowest BCUT2D eigenvalue weighted by molar-refractivity contribution is -0.138. The van der Waals surface area contributed by atoms with Gasteiger partial charge in [-0.15, -0.1) is 0 Å². The first-order chi connectivity index (χ1) is 15.6. The number of fused-ring (bicyclic) bond motifs is 3. The maximum Gasteiger partial charge on any atom is 0.327 e. The van der Waals surface area contributed by atoms with Crippen LogP contribution in [0.1, 0.15) is 12.0 Å². The standard InChI is InChI=1S/C24H29N5O3/c1-26-21-20(22(30)29(24(26)31)16-13-17-7-4-3-5-8-17)28-15-6-14-27(23(28)25-21)18-9-11-19(32-2)12-10-18/h3-5,7-12,20-21,23,25H,6,13-16H2,1-2H3. The summed E-state index contributed by atoms with van der Waals surface area (Å²) >= 11 is 0. The van der Waals surface area contributed by atoms with Crippen molar-refractivity contribution in [3.63, 3.8) is 0 Å². The van der Waals surface area contributed by atoms with Crippen LogP contribution >= 0.6 is 0 Å². The number of nitrogens with one attached hydrogen (secondary N) is 1. The Kier molecular flexibility index (Phi) is 5.48. The Balaban J connectivity index is 1.37. The highest BCUT2D eigenvalue weighted by Crippen LogP contribution is 2.33. The number of nitrogens with zero attached hydrogens (tertiary/aromatic N) is 4. The van der Waals surface area contributed by atoms with Crippen molar-refractivity contribution < 1.29 is 14.3 Å². The van der Waals surface area contributed by atoms with Crippen molar-refractivity contribution in [2.24, 2.45) is 0 Å². The summed E-state index contributed by atoms with van der Waals surface area (Å²) in [6, 6.07) is 17.3. The van der Waals surface area contributed by atoms with E-state index >= 15 is 0 Å². The highest BCUT2D eigenvalue weighted by Gasteiger charge is 2.55. The number of carbonyl (C=O) groups excluding carboxylic acids is 2. The fraction of sp³-hybridized carbons (Fsp3) is 0.417. The zero-order chi connectivity index (χ0) is 22.2. The van der Waals surface area contributed by atoms with Crippen LogP contribution in [0.4, 0.5) is 10.5 Å². The molecule has 168 valence electrons. The molecule has 3 atom stereocenters. The number of anilines is 1. The summed E-state index contributed by atoms with van der Waals surface area (Å²) in [7, 11) is 3.44. The smallest absolute Gasteiger partial charge is 0.327 e. The molecule has 3 unspecified atom stereocenters. The summed E-state index contributed by atoms with van der Waals surface area (Å²) in [6.45, 7) is 2.07. The lowest BCUT2D eigenvalue weighted by atomic mass is 10.1. The zero-order valence-electron chi connectivity index (χ0n) is 18.5. The van der Waals surface area contributed by atoms with E-state index in [-0.39, 0.29) is 30.4 Å². The molecule has 0 aromatic heterocycles. The number of amides is 3. The molecule has 3 aliphatic rings. The Bertz CT molecular complexity index is 983. The number of benzene rings is 2. The van der Waals surface area contributed by atoms with Gasteiger partial charge in [0.2, 0.25) is 0 Å². The molecular weight excluding hydrogens is 406 g/mol. The first kappa shape index (κ1) is 20.8. The number of likely N-dealkylation sites (N-methyl/N-ethyl adjacent to an activating group) is 1. The lowest BCUT2D eigenvalue weighted by Gasteiger charge is -2.44. The van der Waals surface area contributed by atoms with Gasteiger partial charge in [-0.3, -0.25) is 19.9 Å². The minimum atomic E-state index is -0.389. The molecule has 3 aliphatic heterocycles. The summed E-state index contributed by atoms with van der Waals surface area (Å²) in [4.78, 5) is 34.2. The van der Waals surface area contributed by atoms with Crippen molar-refractivity contribution in [2.75, 3.05) is 38.7 Å². The van der Waals surface area contributed by atoms with Crippen molar-refractivity contribution in [3.05, 3.63) is 60.2 Å². The van der Waals surface area contributed by atoms with Gasteiger partial charge in [-0.2, -0.15) is 0 Å². The Morgan fingerprint density at radius 3 is 2.50 bits per heavy atom. The van der Waals surface area contributed by atoms with Gasteiger partial charge < -0.3 is 14.5 Å². The van der Waals surface area contributed by atoms with E-state index < -0.39 is 0 Å². The van der Waals surface area contributed by atoms with Gasteiger partial charge >= 0.3 is 6.03 Å². The second-order valence-electron chi connectivity index (χ2n) is 8.53. The van der Waals surface area contributed by atoms with Gasteiger partial charge in [-0.1, -0.05) is 30.3 Å². The van der Waals surface area contributed by atoms with Crippen LogP contribution in [0, 0.1) is 0 Å². The normalized spacial score (nSPS) is 25.7. The highest BCUT2D eigenvalue weighted by atomic mass is 16.5. The maximum atomic E-state index is 13.5. The number of hydrogen-bond acceptors (Lipinski definition) is 6. The SMILES string of the molecule is COc1ccc(N2CCCN3C4C(=O)N(CCc5ccccc5)C(=O)N(C)C4NC23)cc1. The molecule has 8 heteroatoms. The quantitative estimate of drug-likeness (QED) is 0.774. The van der Waals surface area contributed by atoms with E-state index in [4.69, 9.17) is 4.74 Å². The minimum Gasteiger partial charge on any atom is -0.497 e. The maximum absolute atomic E-state index is 13.5. The van der Waals surface area contributed by atoms with E-state index in [2.05, 4.69) is 15.1 Å². The molecule has 3 saturated heterocycles. The Morgan fingerprint density at radius 1 is 1.03 bits per heavy atom. The Morgan fingerprint density at radius 2 is 1.78 bits per heavy atom. The zero-order valence-corrected chi connectivity index (χ0v) is 18.5. The third-order valence-corrected chi connectivity index (χ3v) is 6.74. The summed E-state index contributed by atoms with van der Waals surface area (Å²) in [5.41, 5.74) is 2.18. The number of methoxy groups -OCH3 is 1. The monoisotopic (exact) mass is 435 g/mol. The number of ether oxygens (including phenoxy) is 1. The number of imide groups is 1. The van der Waals surface area contributed by atoms with E-state index in [9.17, 15) is 9.59 Å². The lowest BCUT2D eigenvalue weighted by Crippen LogP contribution is -2.66. The third kappa shape index (κ3) is 3.49. The predicted octanol–water partition coefficient (Wildman–Crippen LogP) is 1.93. The molecule has 0 bridgehead atoms. The summed E-state index contributed by atoms with van der Waals surface area (Å²) < 4.78 is 5.29. The number of hydrogen-bond donors (Lipinski definition) is 1. The molecule has 2 aromatic carbocycles. The first-order valence-electron chi connectivity index (χ1n) is 11.1. The van der Waals surface area contributed by atoms with Crippen LogP contribution < -0.4 is 15.0 Å². The molecule has 0 aliphatic carbocycles.